The number of aromatic amines is 1. The van der Waals surface area contributed by atoms with Gasteiger partial charge in [-0.25, -0.2) is 0 Å². The van der Waals surface area contributed by atoms with Crippen LogP contribution in [0.1, 0.15) is 13.8 Å². The maximum atomic E-state index is 5.30. The lowest BCUT2D eigenvalue weighted by molar-refractivity contribution is 0.565. The average Bonchev–Trinajstić information content (AvgIpc) is 2.72. The van der Waals surface area contributed by atoms with Crippen LogP contribution in [0, 0.1) is 4.77 Å². The SMILES string of the molecule is CSC(C)(C)Cn1c(-c2ccccn2)n[nH]c1=S. The Labute approximate surface area is 116 Å². The molecule has 18 heavy (non-hydrogen) atoms. The van der Waals surface area contributed by atoms with Crippen LogP contribution in [0.3, 0.4) is 0 Å². The fraction of sp³-hybridized carbons (Fsp3) is 0.417. The van der Waals surface area contributed by atoms with E-state index < -0.39 is 0 Å². The molecule has 2 aromatic rings. The molecule has 0 aliphatic carbocycles. The van der Waals surface area contributed by atoms with E-state index in [9.17, 15) is 0 Å². The summed E-state index contributed by atoms with van der Waals surface area (Å²) in [4.78, 5) is 4.32. The molecule has 0 amide bonds. The fourth-order valence-electron chi connectivity index (χ4n) is 1.60. The second-order valence-corrected chi connectivity index (χ2v) is 6.52. The molecule has 0 aromatic carbocycles. The summed E-state index contributed by atoms with van der Waals surface area (Å²) in [7, 11) is 0. The highest BCUT2D eigenvalue weighted by molar-refractivity contribution is 7.99. The van der Waals surface area contributed by atoms with Gasteiger partial charge in [-0.15, -0.1) is 0 Å². The van der Waals surface area contributed by atoms with Gasteiger partial charge in [0.2, 0.25) is 0 Å². The highest BCUT2D eigenvalue weighted by Crippen LogP contribution is 2.25. The van der Waals surface area contributed by atoms with Gasteiger partial charge in [0.05, 0.1) is 0 Å². The van der Waals surface area contributed by atoms with Crippen molar-refractivity contribution in [2.24, 2.45) is 0 Å². The molecular weight excluding hydrogens is 264 g/mol. The normalized spacial score (nSPS) is 11.7. The molecular formula is C12H16N4S2. The molecule has 0 radical (unpaired) electrons. The van der Waals surface area contributed by atoms with Gasteiger partial charge in [0.1, 0.15) is 5.69 Å². The molecule has 2 rings (SSSR count). The van der Waals surface area contributed by atoms with E-state index in [0.717, 1.165) is 18.1 Å². The summed E-state index contributed by atoms with van der Waals surface area (Å²) in [6, 6.07) is 5.78. The quantitative estimate of drug-likeness (QED) is 0.874. The molecule has 2 aromatic heterocycles. The van der Waals surface area contributed by atoms with Crippen molar-refractivity contribution in [3.05, 3.63) is 29.2 Å². The lowest BCUT2D eigenvalue weighted by Crippen LogP contribution is -2.23. The number of hydrogen-bond acceptors (Lipinski definition) is 4. The van der Waals surface area contributed by atoms with E-state index in [1.807, 2.05) is 34.5 Å². The van der Waals surface area contributed by atoms with E-state index in [4.69, 9.17) is 12.2 Å². The van der Waals surface area contributed by atoms with Crippen LogP contribution in [0.2, 0.25) is 0 Å². The zero-order valence-electron chi connectivity index (χ0n) is 10.7. The maximum absolute atomic E-state index is 5.30. The van der Waals surface area contributed by atoms with E-state index in [1.54, 1.807) is 6.20 Å². The van der Waals surface area contributed by atoms with Crippen molar-refractivity contribution >= 4 is 24.0 Å². The molecule has 0 saturated heterocycles. The van der Waals surface area contributed by atoms with E-state index in [2.05, 4.69) is 35.3 Å². The molecule has 2 heterocycles. The van der Waals surface area contributed by atoms with Crippen LogP contribution in [0.4, 0.5) is 0 Å². The zero-order chi connectivity index (χ0) is 13.2. The number of thioether (sulfide) groups is 1. The predicted octanol–water partition coefficient (Wildman–Crippen LogP) is 3.14. The molecule has 0 unspecified atom stereocenters. The number of rotatable bonds is 4. The molecule has 0 saturated carbocycles. The summed E-state index contributed by atoms with van der Waals surface area (Å²) in [5, 5.41) is 7.13. The summed E-state index contributed by atoms with van der Waals surface area (Å²) >= 11 is 7.11. The first-order valence-corrected chi connectivity index (χ1v) is 7.28. The fourth-order valence-corrected chi connectivity index (χ4v) is 2.06. The molecule has 6 heteroatoms. The standard InChI is InChI=1S/C12H16N4S2/c1-12(2,18-3)8-16-10(14-15-11(16)17)9-6-4-5-7-13-9/h4-7H,8H2,1-3H3,(H,15,17). The molecule has 1 N–H and O–H groups in total. The van der Waals surface area contributed by atoms with Crippen LogP contribution in [0.25, 0.3) is 11.5 Å². The van der Waals surface area contributed by atoms with Crippen LogP contribution in [0.5, 0.6) is 0 Å². The summed E-state index contributed by atoms with van der Waals surface area (Å²) in [6.07, 6.45) is 3.86. The van der Waals surface area contributed by atoms with Crippen molar-refractivity contribution in [3.63, 3.8) is 0 Å². The third-order valence-electron chi connectivity index (χ3n) is 2.74. The summed E-state index contributed by atoms with van der Waals surface area (Å²) < 4.78 is 2.75. The van der Waals surface area contributed by atoms with Crippen LogP contribution >= 0.6 is 24.0 Å². The van der Waals surface area contributed by atoms with Crippen LogP contribution < -0.4 is 0 Å². The summed E-state index contributed by atoms with van der Waals surface area (Å²) in [6.45, 7) is 5.18. The van der Waals surface area contributed by atoms with Gasteiger partial charge in [-0.3, -0.25) is 14.6 Å². The number of nitrogens with one attached hydrogen (secondary N) is 1. The van der Waals surface area contributed by atoms with Crippen molar-refractivity contribution in [2.75, 3.05) is 6.26 Å². The summed E-state index contributed by atoms with van der Waals surface area (Å²) in [5.74, 6) is 0.794. The third kappa shape index (κ3) is 2.81. The Balaban J connectivity index is 2.43. The molecule has 0 aliphatic rings. The van der Waals surface area contributed by atoms with Crippen LogP contribution in [-0.4, -0.2) is 30.8 Å². The van der Waals surface area contributed by atoms with Gasteiger partial charge in [0.15, 0.2) is 10.6 Å². The second kappa shape index (κ2) is 5.24. The lowest BCUT2D eigenvalue weighted by atomic mass is 10.2. The second-order valence-electron chi connectivity index (χ2n) is 4.62. The molecule has 0 fully saturated rings. The minimum absolute atomic E-state index is 0.103. The Hall–Kier alpha value is -1.14. The lowest BCUT2D eigenvalue weighted by Gasteiger charge is -2.22. The Bertz CT molecular complexity index is 571. The predicted molar refractivity (Wildman–Crippen MR) is 78.2 cm³/mol. The Morgan fingerprint density at radius 1 is 1.44 bits per heavy atom. The van der Waals surface area contributed by atoms with E-state index in [0.29, 0.717) is 4.77 Å². The number of pyridine rings is 1. The number of aromatic nitrogens is 4. The summed E-state index contributed by atoms with van der Waals surface area (Å²) in [5.41, 5.74) is 0.835. The average molecular weight is 280 g/mol. The van der Waals surface area contributed by atoms with Crippen molar-refractivity contribution in [1.29, 1.82) is 0 Å². The molecule has 0 spiro atoms. The van der Waals surface area contributed by atoms with Gasteiger partial charge in [0.25, 0.3) is 0 Å². The maximum Gasteiger partial charge on any atom is 0.195 e. The monoisotopic (exact) mass is 280 g/mol. The van der Waals surface area contributed by atoms with Gasteiger partial charge in [-0.1, -0.05) is 6.07 Å². The topological polar surface area (TPSA) is 46.5 Å². The number of nitrogens with zero attached hydrogens (tertiary/aromatic N) is 3. The Kier molecular flexibility index (Phi) is 3.87. The Morgan fingerprint density at radius 2 is 2.22 bits per heavy atom. The minimum atomic E-state index is 0.103. The van der Waals surface area contributed by atoms with Crippen molar-refractivity contribution in [2.45, 2.75) is 25.1 Å². The van der Waals surface area contributed by atoms with E-state index in [1.165, 1.54) is 0 Å². The first kappa shape index (κ1) is 13.3. The van der Waals surface area contributed by atoms with Gasteiger partial charge in [-0.05, 0) is 44.5 Å². The van der Waals surface area contributed by atoms with Crippen molar-refractivity contribution in [3.8, 4) is 11.5 Å². The van der Waals surface area contributed by atoms with Gasteiger partial charge in [-0.2, -0.15) is 16.9 Å². The zero-order valence-corrected chi connectivity index (χ0v) is 12.3. The highest BCUT2D eigenvalue weighted by Gasteiger charge is 2.20. The number of H-pyrrole nitrogens is 1. The Morgan fingerprint density at radius 3 is 2.83 bits per heavy atom. The largest absolute Gasteiger partial charge is 0.297 e. The van der Waals surface area contributed by atoms with Gasteiger partial charge >= 0.3 is 0 Å². The first-order valence-electron chi connectivity index (χ1n) is 5.65. The molecule has 0 aliphatic heterocycles. The van der Waals surface area contributed by atoms with E-state index in [-0.39, 0.29) is 4.75 Å². The highest BCUT2D eigenvalue weighted by atomic mass is 32.2. The van der Waals surface area contributed by atoms with Crippen molar-refractivity contribution in [1.82, 2.24) is 19.7 Å². The third-order valence-corrected chi connectivity index (χ3v) is 4.29. The van der Waals surface area contributed by atoms with Gasteiger partial charge in [0, 0.05) is 17.5 Å². The van der Waals surface area contributed by atoms with Crippen molar-refractivity contribution < 1.29 is 0 Å². The number of hydrogen-bond donors (Lipinski definition) is 1. The molecule has 4 nitrogen and oxygen atoms in total. The molecule has 0 bridgehead atoms. The van der Waals surface area contributed by atoms with Crippen LogP contribution in [-0.2, 0) is 6.54 Å². The first-order chi connectivity index (χ1) is 8.53. The van der Waals surface area contributed by atoms with Gasteiger partial charge < -0.3 is 0 Å². The van der Waals surface area contributed by atoms with Crippen LogP contribution in [0.15, 0.2) is 24.4 Å². The van der Waals surface area contributed by atoms with E-state index >= 15 is 0 Å². The minimum Gasteiger partial charge on any atom is -0.297 e. The molecule has 96 valence electrons. The molecule has 0 atom stereocenters. The smallest absolute Gasteiger partial charge is 0.195 e.